The summed E-state index contributed by atoms with van der Waals surface area (Å²) in [7, 11) is -7.57. The van der Waals surface area contributed by atoms with Gasteiger partial charge in [0.15, 0.2) is 5.13 Å². The molecule has 0 bridgehead atoms. The van der Waals surface area contributed by atoms with Crippen LogP contribution in [0, 0.1) is 13.8 Å². The third-order valence-electron chi connectivity index (χ3n) is 5.14. The van der Waals surface area contributed by atoms with Crippen molar-refractivity contribution in [1.82, 2.24) is 4.98 Å². The zero-order chi connectivity index (χ0) is 25.9. The summed E-state index contributed by atoms with van der Waals surface area (Å²) in [5.41, 5.74) is 2.58. The number of sulfonamides is 2. The van der Waals surface area contributed by atoms with Crippen LogP contribution in [0.1, 0.15) is 21.5 Å². The van der Waals surface area contributed by atoms with E-state index in [9.17, 15) is 21.6 Å². The molecule has 1 heterocycles. The highest BCUT2D eigenvalue weighted by Gasteiger charge is 2.18. The Morgan fingerprint density at radius 1 is 0.806 bits per heavy atom. The van der Waals surface area contributed by atoms with E-state index in [1.807, 2.05) is 6.92 Å². The number of anilines is 3. The largest absolute Gasteiger partial charge is 0.322 e. The molecule has 0 aliphatic rings. The first-order valence-electron chi connectivity index (χ1n) is 10.6. The topological polar surface area (TPSA) is 134 Å². The van der Waals surface area contributed by atoms with Gasteiger partial charge in [0.05, 0.1) is 15.5 Å². The quantitative estimate of drug-likeness (QED) is 0.298. The first kappa shape index (κ1) is 25.4. The smallest absolute Gasteiger partial charge is 0.263 e. The number of nitrogens with zero attached hydrogens (tertiary/aromatic N) is 1. The Morgan fingerprint density at radius 3 is 2.00 bits per heavy atom. The molecule has 0 saturated carbocycles. The molecule has 1 aromatic heterocycles. The van der Waals surface area contributed by atoms with Crippen molar-refractivity contribution in [3.05, 3.63) is 95.0 Å². The Hall–Kier alpha value is -3.74. The predicted octanol–water partition coefficient (Wildman–Crippen LogP) is 4.61. The summed E-state index contributed by atoms with van der Waals surface area (Å²) < 4.78 is 55.2. The van der Waals surface area contributed by atoms with Gasteiger partial charge >= 0.3 is 0 Å². The SMILES string of the molecule is Cc1ccc(S(=O)(=O)Nc2ccc(C(=O)Nc3ccc(S(=O)(=O)Nc4nccs4)cc3)cc2C)cc1. The minimum absolute atomic E-state index is 0.0248. The van der Waals surface area contributed by atoms with E-state index in [2.05, 4.69) is 19.7 Å². The Labute approximate surface area is 213 Å². The fourth-order valence-electron chi connectivity index (χ4n) is 3.21. The van der Waals surface area contributed by atoms with Gasteiger partial charge in [0.1, 0.15) is 0 Å². The third kappa shape index (κ3) is 5.90. The maximum absolute atomic E-state index is 12.7. The summed E-state index contributed by atoms with van der Waals surface area (Å²) >= 11 is 1.16. The van der Waals surface area contributed by atoms with E-state index in [1.54, 1.807) is 30.5 Å². The molecular weight excluding hydrogens is 520 g/mol. The molecule has 3 aromatic carbocycles. The van der Waals surface area contributed by atoms with Gasteiger partial charge in [-0.1, -0.05) is 17.7 Å². The lowest BCUT2D eigenvalue weighted by molar-refractivity contribution is 0.102. The average molecular weight is 543 g/mol. The van der Waals surface area contributed by atoms with Crippen molar-refractivity contribution in [3.8, 4) is 0 Å². The average Bonchev–Trinajstić information content (AvgIpc) is 3.33. The number of rotatable bonds is 8. The maximum Gasteiger partial charge on any atom is 0.263 e. The molecule has 0 unspecified atom stereocenters. The molecule has 1 amide bonds. The number of benzene rings is 3. The summed E-state index contributed by atoms with van der Waals surface area (Å²) in [6, 6.07) is 16.8. The van der Waals surface area contributed by atoms with Crippen molar-refractivity contribution in [2.45, 2.75) is 23.6 Å². The fourth-order valence-corrected chi connectivity index (χ4v) is 6.13. The minimum atomic E-state index is -3.80. The Morgan fingerprint density at radius 2 is 1.42 bits per heavy atom. The Bertz CT molecular complexity index is 1600. The fraction of sp³-hybridized carbons (Fsp3) is 0.0833. The number of carbonyl (C=O) groups excluding carboxylic acids is 1. The van der Waals surface area contributed by atoms with Crippen molar-refractivity contribution in [2.75, 3.05) is 14.8 Å². The number of carbonyl (C=O) groups is 1. The van der Waals surface area contributed by atoms with Crippen LogP contribution in [0.4, 0.5) is 16.5 Å². The summed E-state index contributed by atoms with van der Waals surface area (Å²) in [5.74, 6) is -0.428. The normalized spacial score (nSPS) is 11.6. The molecule has 9 nitrogen and oxygen atoms in total. The van der Waals surface area contributed by atoms with Crippen molar-refractivity contribution in [2.24, 2.45) is 0 Å². The molecule has 186 valence electrons. The molecule has 4 aromatic rings. The van der Waals surface area contributed by atoms with Crippen LogP contribution in [0.3, 0.4) is 0 Å². The lowest BCUT2D eigenvalue weighted by Gasteiger charge is -2.12. The highest BCUT2D eigenvalue weighted by molar-refractivity contribution is 7.93. The summed E-state index contributed by atoms with van der Waals surface area (Å²) in [6.45, 7) is 3.56. The van der Waals surface area contributed by atoms with Crippen LogP contribution in [0.15, 0.2) is 88.1 Å². The van der Waals surface area contributed by atoms with Crippen LogP contribution in [0.25, 0.3) is 0 Å². The number of amides is 1. The van der Waals surface area contributed by atoms with E-state index in [-0.39, 0.29) is 14.9 Å². The monoisotopic (exact) mass is 542 g/mol. The van der Waals surface area contributed by atoms with Gasteiger partial charge in [-0.25, -0.2) is 21.8 Å². The number of aromatic nitrogens is 1. The molecule has 4 rings (SSSR count). The zero-order valence-corrected chi connectivity index (χ0v) is 21.7. The molecule has 0 atom stereocenters. The van der Waals surface area contributed by atoms with Gasteiger partial charge in [0.2, 0.25) is 0 Å². The molecule has 0 saturated heterocycles. The lowest BCUT2D eigenvalue weighted by atomic mass is 10.1. The van der Waals surface area contributed by atoms with Gasteiger partial charge in [-0.2, -0.15) is 0 Å². The van der Waals surface area contributed by atoms with E-state index in [0.29, 0.717) is 22.5 Å². The van der Waals surface area contributed by atoms with Crippen LogP contribution < -0.4 is 14.8 Å². The van der Waals surface area contributed by atoms with Crippen molar-refractivity contribution in [1.29, 1.82) is 0 Å². The molecule has 3 N–H and O–H groups in total. The van der Waals surface area contributed by atoms with E-state index < -0.39 is 26.0 Å². The molecule has 0 radical (unpaired) electrons. The van der Waals surface area contributed by atoms with E-state index in [1.165, 1.54) is 54.7 Å². The first-order valence-corrected chi connectivity index (χ1v) is 14.4. The number of aryl methyl sites for hydroxylation is 2. The van der Waals surface area contributed by atoms with Crippen molar-refractivity contribution in [3.63, 3.8) is 0 Å². The summed E-state index contributed by atoms with van der Waals surface area (Å²) in [4.78, 5) is 16.8. The van der Waals surface area contributed by atoms with Crippen LogP contribution in [-0.4, -0.2) is 27.7 Å². The van der Waals surface area contributed by atoms with E-state index in [0.717, 1.165) is 16.9 Å². The summed E-state index contributed by atoms with van der Waals surface area (Å²) in [5, 5.41) is 4.62. The molecular formula is C24H22N4O5S3. The van der Waals surface area contributed by atoms with Gasteiger partial charge in [0.25, 0.3) is 26.0 Å². The van der Waals surface area contributed by atoms with Crippen LogP contribution in [0.2, 0.25) is 0 Å². The molecule has 0 aliphatic heterocycles. The highest BCUT2D eigenvalue weighted by Crippen LogP contribution is 2.23. The summed E-state index contributed by atoms with van der Waals surface area (Å²) in [6.07, 6.45) is 1.49. The van der Waals surface area contributed by atoms with Gasteiger partial charge in [-0.3, -0.25) is 14.2 Å². The van der Waals surface area contributed by atoms with E-state index in [4.69, 9.17) is 0 Å². The first-order chi connectivity index (χ1) is 17.0. The molecule has 0 spiro atoms. The predicted molar refractivity (Wildman–Crippen MR) is 140 cm³/mol. The lowest BCUT2D eigenvalue weighted by Crippen LogP contribution is -2.16. The second kappa shape index (κ2) is 10.1. The maximum atomic E-state index is 12.7. The van der Waals surface area contributed by atoms with Gasteiger partial charge in [-0.15, -0.1) is 11.3 Å². The van der Waals surface area contributed by atoms with Gasteiger partial charge < -0.3 is 5.32 Å². The number of nitrogens with one attached hydrogen (secondary N) is 3. The second-order valence-corrected chi connectivity index (χ2v) is 12.1. The standard InChI is InChI=1S/C24H22N4O5S3/c1-16-3-8-20(9-4-16)35(30,31)27-22-12-5-18(15-17(22)2)23(29)26-19-6-10-21(11-7-19)36(32,33)28-24-25-13-14-34-24/h3-15,27H,1-2H3,(H,25,28)(H,26,29). The Kier molecular flexibility index (Phi) is 7.11. The van der Waals surface area contributed by atoms with Gasteiger partial charge in [0, 0.05) is 22.8 Å². The Balaban J connectivity index is 1.44. The van der Waals surface area contributed by atoms with Crippen LogP contribution >= 0.6 is 11.3 Å². The molecule has 0 fully saturated rings. The molecule has 12 heteroatoms. The highest BCUT2D eigenvalue weighted by atomic mass is 32.2. The van der Waals surface area contributed by atoms with Crippen molar-refractivity contribution >= 4 is 53.8 Å². The number of hydrogen-bond acceptors (Lipinski definition) is 7. The van der Waals surface area contributed by atoms with Crippen LogP contribution in [0.5, 0.6) is 0 Å². The second-order valence-electron chi connectivity index (χ2n) is 7.87. The zero-order valence-electron chi connectivity index (χ0n) is 19.2. The van der Waals surface area contributed by atoms with E-state index >= 15 is 0 Å². The molecule has 36 heavy (non-hydrogen) atoms. The number of thiazole rings is 1. The van der Waals surface area contributed by atoms with Crippen LogP contribution in [-0.2, 0) is 20.0 Å². The third-order valence-corrected chi connectivity index (χ3v) is 8.69. The van der Waals surface area contributed by atoms with Gasteiger partial charge in [-0.05, 0) is 74.0 Å². The minimum Gasteiger partial charge on any atom is -0.322 e. The number of hydrogen-bond donors (Lipinski definition) is 3. The van der Waals surface area contributed by atoms with Crippen molar-refractivity contribution < 1.29 is 21.6 Å². The molecule has 0 aliphatic carbocycles.